The number of nitrogens with one attached hydrogen (secondary N) is 1. The van der Waals surface area contributed by atoms with Crippen LogP contribution in [0.4, 0.5) is 0 Å². The fraction of sp³-hybridized carbons (Fsp3) is 0.348. The maximum Gasteiger partial charge on any atom is 0.130 e. The normalized spacial score (nSPS) is 13.1. The molecule has 0 saturated carbocycles. The maximum atomic E-state index is 10.4. The third-order valence-electron chi connectivity index (χ3n) is 4.88. The molecule has 0 amide bonds. The van der Waals surface area contributed by atoms with Crippen molar-refractivity contribution in [1.82, 2.24) is 14.9 Å². The van der Waals surface area contributed by atoms with E-state index >= 15 is 0 Å². The van der Waals surface area contributed by atoms with Crippen LogP contribution in [0.15, 0.2) is 60.9 Å². The molecule has 1 heterocycles. The number of rotatable bonds is 10. The summed E-state index contributed by atoms with van der Waals surface area (Å²) < 4.78 is 13.1. The van der Waals surface area contributed by atoms with Gasteiger partial charge in [-0.2, -0.15) is 0 Å². The van der Waals surface area contributed by atoms with Gasteiger partial charge >= 0.3 is 0 Å². The molecule has 154 valence electrons. The van der Waals surface area contributed by atoms with Crippen molar-refractivity contribution in [1.29, 1.82) is 0 Å². The predicted molar refractivity (Wildman–Crippen MR) is 113 cm³/mol. The Bertz CT molecular complexity index is 892. The first kappa shape index (κ1) is 20.9. The number of aromatic nitrogens is 2. The molecule has 1 aromatic heterocycles. The van der Waals surface area contributed by atoms with Crippen molar-refractivity contribution < 1.29 is 14.6 Å². The Hall–Kier alpha value is -2.83. The zero-order chi connectivity index (χ0) is 20.6. The molecule has 0 spiro atoms. The van der Waals surface area contributed by atoms with Gasteiger partial charge in [0.25, 0.3) is 0 Å². The third kappa shape index (κ3) is 5.59. The SMILES string of the molecule is CCc1ccc(OCC(O)CNC(c2cccc(OC)c2)c2nccn2C)cc1. The van der Waals surface area contributed by atoms with Gasteiger partial charge in [-0.25, -0.2) is 4.98 Å². The summed E-state index contributed by atoms with van der Waals surface area (Å²) in [6, 6.07) is 15.6. The second-order valence-corrected chi connectivity index (χ2v) is 6.98. The number of methoxy groups -OCH3 is 1. The molecule has 2 atom stereocenters. The van der Waals surface area contributed by atoms with E-state index in [0.29, 0.717) is 6.54 Å². The molecule has 6 heteroatoms. The van der Waals surface area contributed by atoms with E-state index in [1.54, 1.807) is 13.3 Å². The van der Waals surface area contributed by atoms with Crippen molar-refractivity contribution in [3.05, 3.63) is 77.9 Å². The van der Waals surface area contributed by atoms with E-state index < -0.39 is 6.10 Å². The minimum atomic E-state index is -0.658. The summed E-state index contributed by atoms with van der Waals surface area (Å²) in [4.78, 5) is 4.48. The van der Waals surface area contributed by atoms with Crippen LogP contribution in [0.25, 0.3) is 0 Å². The highest BCUT2D eigenvalue weighted by molar-refractivity contribution is 5.33. The van der Waals surface area contributed by atoms with Crippen LogP contribution in [0.2, 0.25) is 0 Å². The Kier molecular flexibility index (Phi) is 7.27. The van der Waals surface area contributed by atoms with Gasteiger partial charge in [-0.15, -0.1) is 0 Å². The van der Waals surface area contributed by atoms with Gasteiger partial charge in [0, 0.05) is 26.0 Å². The quantitative estimate of drug-likeness (QED) is 0.552. The van der Waals surface area contributed by atoms with Crippen LogP contribution in [-0.4, -0.2) is 41.0 Å². The van der Waals surface area contributed by atoms with Crippen molar-refractivity contribution in [2.45, 2.75) is 25.5 Å². The molecule has 0 aliphatic rings. The van der Waals surface area contributed by atoms with E-state index in [-0.39, 0.29) is 12.6 Å². The first-order valence-electron chi connectivity index (χ1n) is 9.85. The van der Waals surface area contributed by atoms with Gasteiger partial charge in [-0.05, 0) is 41.8 Å². The van der Waals surface area contributed by atoms with Gasteiger partial charge < -0.3 is 24.5 Å². The Labute approximate surface area is 172 Å². The summed E-state index contributed by atoms with van der Waals surface area (Å²) in [7, 11) is 3.60. The lowest BCUT2D eigenvalue weighted by atomic mass is 10.1. The van der Waals surface area contributed by atoms with E-state index in [2.05, 4.69) is 17.2 Å². The molecular weight excluding hydrogens is 366 g/mol. The molecule has 0 bridgehead atoms. The molecule has 2 aromatic carbocycles. The standard InChI is InChI=1S/C23H29N3O3/c1-4-17-8-10-20(11-9-17)29-16-19(27)15-25-22(23-24-12-13-26(23)2)18-6-5-7-21(14-18)28-3/h5-14,19,22,25,27H,4,15-16H2,1-3H3. The monoisotopic (exact) mass is 395 g/mol. The van der Waals surface area contributed by atoms with Crippen molar-refractivity contribution >= 4 is 0 Å². The summed E-state index contributed by atoms with van der Waals surface area (Å²) in [6.45, 7) is 2.69. The van der Waals surface area contributed by atoms with Gasteiger partial charge in [0.15, 0.2) is 0 Å². The molecule has 0 fully saturated rings. The Balaban J connectivity index is 1.64. The summed E-state index contributed by atoms with van der Waals surface area (Å²) in [5, 5.41) is 13.9. The number of aryl methyl sites for hydroxylation is 2. The van der Waals surface area contributed by atoms with E-state index in [4.69, 9.17) is 9.47 Å². The largest absolute Gasteiger partial charge is 0.497 e. The van der Waals surface area contributed by atoms with Gasteiger partial charge in [0.05, 0.1) is 13.2 Å². The van der Waals surface area contributed by atoms with Crippen molar-refractivity contribution in [2.24, 2.45) is 7.05 Å². The number of imidazole rings is 1. The number of hydrogen-bond donors (Lipinski definition) is 2. The van der Waals surface area contributed by atoms with Crippen molar-refractivity contribution in [3.63, 3.8) is 0 Å². The molecule has 0 saturated heterocycles. The van der Waals surface area contributed by atoms with Crippen LogP contribution in [0, 0.1) is 0 Å². The average Bonchev–Trinajstić information content (AvgIpc) is 3.18. The number of nitrogens with zero attached hydrogens (tertiary/aromatic N) is 2. The van der Waals surface area contributed by atoms with E-state index in [9.17, 15) is 5.11 Å². The number of benzene rings is 2. The van der Waals surface area contributed by atoms with Crippen LogP contribution in [0.5, 0.6) is 11.5 Å². The second kappa shape index (κ2) is 10.1. The lowest BCUT2D eigenvalue weighted by Gasteiger charge is -2.22. The molecule has 0 aliphatic heterocycles. The molecule has 3 rings (SSSR count). The summed E-state index contributed by atoms with van der Waals surface area (Å²) in [5.74, 6) is 2.40. The Morgan fingerprint density at radius 2 is 1.93 bits per heavy atom. The topological polar surface area (TPSA) is 68.5 Å². The molecule has 0 aliphatic carbocycles. The average molecular weight is 396 g/mol. The highest BCUT2D eigenvalue weighted by Crippen LogP contribution is 2.24. The molecule has 0 radical (unpaired) electrons. The van der Waals surface area contributed by atoms with Crippen molar-refractivity contribution in [3.8, 4) is 11.5 Å². The van der Waals surface area contributed by atoms with Gasteiger partial charge in [0.2, 0.25) is 0 Å². The van der Waals surface area contributed by atoms with Crippen LogP contribution in [0.1, 0.15) is 29.9 Å². The molecule has 29 heavy (non-hydrogen) atoms. The molecule has 2 N–H and O–H groups in total. The smallest absolute Gasteiger partial charge is 0.130 e. The maximum absolute atomic E-state index is 10.4. The van der Waals surface area contributed by atoms with Crippen LogP contribution in [0.3, 0.4) is 0 Å². The van der Waals surface area contributed by atoms with Gasteiger partial charge in [-0.1, -0.05) is 31.2 Å². The Morgan fingerprint density at radius 1 is 1.14 bits per heavy atom. The van der Waals surface area contributed by atoms with E-state index in [0.717, 1.165) is 29.3 Å². The lowest BCUT2D eigenvalue weighted by Crippen LogP contribution is -2.35. The highest BCUT2D eigenvalue weighted by Gasteiger charge is 2.20. The minimum Gasteiger partial charge on any atom is -0.497 e. The van der Waals surface area contributed by atoms with Crippen LogP contribution < -0.4 is 14.8 Å². The highest BCUT2D eigenvalue weighted by atomic mass is 16.5. The molecular formula is C23H29N3O3. The summed E-state index contributed by atoms with van der Waals surface area (Å²) in [5.41, 5.74) is 2.28. The Morgan fingerprint density at radius 3 is 2.59 bits per heavy atom. The van der Waals surface area contributed by atoms with Gasteiger partial charge in [-0.3, -0.25) is 0 Å². The first-order chi connectivity index (χ1) is 14.1. The number of hydrogen-bond acceptors (Lipinski definition) is 5. The summed E-state index contributed by atoms with van der Waals surface area (Å²) >= 11 is 0. The molecule has 3 aromatic rings. The van der Waals surface area contributed by atoms with Crippen LogP contribution >= 0.6 is 0 Å². The van der Waals surface area contributed by atoms with Crippen molar-refractivity contribution in [2.75, 3.05) is 20.3 Å². The molecule has 2 unspecified atom stereocenters. The molecule has 6 nitrogen and oxygen atoms in total. The van der Waals surface area contributed by atoms with E-state index in [1.807, 2.05) is 66.3 Å². The number of ether oxygens (including phenoxy) is 2. The zero-order valence-electron chi connectivity index (χ0n) is 17.2. The minimum absolute atomic E-state index is 0.177. The second-order valence-electron chi connectivity index (χ2n) is 6.98. The third-order valence-corrected chi connectivity index (χ3v) is 4.88. The first-order valence-corrected chi connectivity index (χ1v) is 9.85. The fourth-order valence-corrected chi connectivity index (χ4v) is 3.16. The van der Waals surface area contributed by atoms with E-state index in [1.165, 1.54) is 5.56 Å². The lowest BCUT2D eigenvalue weighted by molar-refractivity contribution is 0.104. The number of aliphatic hydroxyl groups is 1. The van der Waals surface area contributed by atoms with Crippen LogP contribution in [-0.2, 0) is 13.5 Å². The summed E-state index contributed by atoms with van der Waals surface area (Å²) in [6.07, 6.45) is 4.01. The number of aliphatic hydroxyl groups excluding tert-OH is 1. The van der Waals surface area contributed by atoms with Gasteiger partial charge in [0.1, 0.15) is 30.0 Å². The predicted octanol–water partition coefficient (Wildman–Crippen LogP) is 3.11. The fourth-order valence-electron chi connectivity index (χ4n) is 3.16. The zero-order valence-corrected chi connectivity index (χ0v) is 17.2.